The van der Waals surface area contributed by atoms with Gasteiger partial charge in [0.1, 0.15) is 0 Å². The molecular weight excluding hydrogens is 126 g/mol. The van der Waals surface area contributed by atoms with Crippen LogP contribution >= 0.6 is 0 Å². The van der Waals surface area contributed by atoms with Crippen LogP contribution in [0.5, 0.6) is 0 Å². The predicted molar refractivity (Wildman–Crippen MR) is 40.7 cm³/mol. The summed E-state index contributed by atoms with van der Waals surface area (Å²) in [6.45, 7) is 0.126. The molecule has 2 nitrogen and oxygen atoms in total. The molecule has 1 rings (SSSR count). The number of rotatable bonds is 3. The summed E-state index contributed by atoms with van der Waals surface area (Å²) in [7, 11) is 0. The largest absolute Gasteiger partial charge is 0.392 e. The van der Waals surface area contributed by atoms with Crippen molar-refractivity contribution in [1.82, 2.24) is 4.98 Å². The maximum absolute atomic E-state index is 8.40. The number of H-pyrrole nitrogens is 1. The van der Waals surface area contributed by atoms with E-state index in [1.165, 1.54) is 5.69 Å². The summed E-state index contributed by atoms with van der Waals surface area (Å²) in [4.78, 5) is 3.06. The van der Waals surface area contributed by atoms with Gasteiger partial charge in [-0.15, -0.1) is 0 Å². The van der Waals surface area contributed by atoms with Crippen molar-refractivity contribution in [2.24, 2.45) is 0 Å². The molecule has 2 N–H and O–H groups in total. The van der Waals surface area contributed by atoms with Gasteiger partial charge >= 0.3 is 0 Å². The zero-order valence-corrected chi connectivity index (χ0v) is 5.75. The average molecular weight is 137 g/mol. The molecule has 0 radical (unpaired) electrons. The van der Waals surface area contributed by atoms with Crippen molar-refractivity contribution in [3.05, 3.63) is 36.2 Å². The van der Waals surface area contributed by atoms with Crippen LogP contribution in [-0.4, -0.2) is 16.7 Å². The van der Waals surface area contributed by atoms with Gasteiger partial charge in [0, 0.05) is 18.3 Å². The Hall–Kier alpha value is -1.02. The fraction of sp³-hybridized carbons (Fsp3) is 0.250. The Morgan fingerprint density at radius 1 is 1.50 bits per heavy atom. The topological polar surface area (TPSA) is 36.0 Å². The van der Waals surface area contributed by atoms with E-state index >= 15 is 0 Å². The van der Waals surface area contributed by atoms with Gasteiger partial charge in [-0.3, -0.25) is 0 Å². The molecule has 0 fully saturated rings. The second-order valence-electron chi connectivity index (χ2n) is 2.05. The van der Waals surface area contributed by atoms with Gasteiger partial charge in [-0.1, -0.05) is 12.2 Å². The van der Waals surface area contributed by atoms with Gasteiger partial charge in [0.2, 0.25) is 0 Å². The fourth-order valence-corrected chi connectivity index (χ4v) is 0.779. The summed E-state index contributed by atoms with van der Waals surface area (Å²) in [5.74, 6) is 0. The zero-order chi connectivity index (χ0) is 7.23. The highest BCUT2D eigenvalue weighted by Gasteiger charge is 1.84. The van der Waals surface area contributed by atoms with Gasteiger partial charge in [0.15, 0.2) is 0 Å². The zero-order valence-electron chi connectivity index (χ0n) is 5.75. The van der Waals surface area contributed by atoms with Crippen molar-refractivity contribution in [3.63, 3.8) is 0 Å². The van der Waals surface area contributed by atoms with Crippen LogP contribution in [0, 0.1) is 0 Å². The Labute approximate surface area is 60.2 Å². The summed E-state index contributed by atoms with van der Waals surface area (Å²) in [6.07, 6.45) is 6.43. The minimum atomic E-state index is 0.126. The van der Waals surface area contributed by atoms with E-state index in [2.05, 4.69) is 4.98 Å². The predicted octanol–water partition coefficient (Wildman–Crippen LogP) is 1.11. The highest BCUT2D eigenvalue weighted by Crippen LogP contribution is 1.95. The Balaban J connectivity index is 2.34. The van der Waals surface area contributed by atoms with Crippen molar-refractivity contribution in [1.29, 1.82) is 0 Å². The minimum Gasteiger partial charge on any atom is -0.392 e. The summed E-state index contributed by atoms with van der Waals surface area (Å²) in [5.41, 5.74) is 1.17. The molecule has 1 aromatic rings. The van der Waals surface area contributed by atoms with Gasteiger partial charge in [0.25, 0.3) is 0 Å². The molecule has 0 unspecified atom stereocenters. The fourth-order valence-electron chi connectivity index (χ4n) is 0.779. The van der Waals surface area contributed by atoms with Crippen LogP contribution in [0.15, 0.2) is 30.5 Å². The normalized spacial score (nSPS) is 10.9. The molecule has 0 atom stereocenters. The van der Waals surface area contributed by atoms with Crippen LogP contribution in [0.3, 0.4) is 0 Å². The molecule has 0 aliphatic heterocycles. The Kier molecular flexibility index (Phi) is 2.77. The van der Waals surface area contributed by atoms with E-state index in [1.54, 1.807) is 6.08 Å². The van der Waals surface area contributed by atoms with Crippen molar-refractivity contribution < 1.29 is 5.11 Å². The number of allylic oxidation sites excluding steroid dienone is 1. The lowest BCUT2D eigenvalue weighted by molar-refractivity contribution is 0.342. The highest BCUT2D eigenvalue weighted by molar-refractivity contribution is 5.07. The molecule has 10 heavy (non-hydrogen) atoms. The molecule has 0 aromatic carbocycles. The molecule has 0 amide bonds. The second kappa shape index (κ2) is 3.90. The van der Waals surface area contributed by atoms with E-state index in [9.17, 15) is 0 Å². The van der Waals surface area contributed by atoms with Crippen molar-refractivity contribution >= 4 is 0 Å². The lowest BCUT2D eigenvalue weighted by atomic mass is 10.3. The molecule has 0 saturated heterocycles. The highest BCUT2D eigenvalue weighted by atomic mass is 16.2. The lowest BCUT2D eigenvalue weighted by Gasteiger charge is -1.86. The van der Waals surface area contributed by atoms with Gasteiger partial charge in [0.05, 0.1) is 6.61 Å². The molecule has 1 heterocycles. The van der Waals surface area contributed by atoms with E-state index in [4.69, 9.17) is 5.11 Å². The van der Waals surface area contributed by atoms with Gasteiger partial charge < -0.3 is 10.1 Å². The van der Waals surface area contributed by atoms with E-state index in [1.807, 2.05) is 24.4 Å². The van der Waals surface area contributed by atoms with Crippen LogP contribution in [0.2, 0.25) is 0 Å². The molecular formula is C8H11NO. The number of hydrogen-bond acceptors (Lipinski definition) is 1. The number of aromatic nitrogens is 1. The van der Waals surface area contributed by atoms with Gasteiger partial charge in [-0.25, -0.2) is 0 Å². The molecule has 0 bridgehead atoms. The summed E-state index contributed by atoms with van der Waals surface area (Å²) in [6, 6.07) is 3.98. The summed E-state index contributed by atoms with van der Waals surface area (Å²) in [5, 5.41) is 8.40. The molecule has 0 saturated carbocycles. The van der Waals surface area contributed by atoms with Crippen LogP contribution in [0.4, 0.5) is 0 Å². The van der Waals surface area contributed by atoms with Crippen molar-refractivity contribution in [2.45, 2.75) is 6.42 Å². The summed E-state index contributed by atoms with van der Waals surface area (Å²) >= 11 is 0. The first-order chi connectivity index (χ1) is 4.93. The number of aliphatic hydroxyl groups is 1. The average Bonchev–Trinajstić information content (AvgIpc) is 2.41. The van der Waals surface area contributed by atoms with Crippen LogP contribution in [0.1, 0.15) is 5.69 Å². The number of aromatic amines is 1. The van der Waals surface area contributed by atoms with E-state index in [-0.39, 0.29) is 6.61 Å². The molecule has 2 heteroatoms. The monoisotopic (exact) mass is 137 g/mol. The molecule has 0 spiro atoms. The van der Waals surface area contributed by atoms with Gasteiger partial charge in [-0.2, -0.15) is 0 Å². The van der Waals surface area contributed by atoms with Gasteiger partial charge in [-0.05, 0) is 12.1 Å². The van der Waals surface area contributed by atoms with Crippen LogP contribution in [0.25, 0.3) is 0 Å². The van der Waals surface area contributed by atoms with E-state index in [0.717, 1.165) is 6.42 Å². The second-order valence-corrected chi connectivity index (χ2v) is 2.05. The third-order valence-corrected chi connectivity index (χ3v) is 1.27. The smallest absolute Gasteiger partial charge is 0.0612 e. The van der Waals surface area contributed by atoms with E-state index < -0.39 is 0 Å². The SMILES string of the molecule is OCC=CCc1ccc[nH]1. The van der Waals surface area contributed by atoms with Crippen molar-refractivity contribution in [2.75, 3.05) is 6.61 Å². The third kappa shape index (κ3) is 2.07. The first-order valence-corrected chi connectivity index (χ1v) is 3.31. The Bertz CT molecular complexity index is 189. The minimum absolute atomic E-state index is 0.126. The molecule has 0 aliphatic carbocycles. The third-order valence-electron chi connectivity index (χ3n) is 1.27. The molecule has 1 aromatic heterocycles. The van der Waals surface area contributed by atoms with Crippen LogP contribution in [-0.2, 0) is 6.42 Å². The molecule has 0 aliphatic rings. The van der Waals surface area contributed by atoms with E-state index in [0.29, 0.717) is 0 Å². The standard InChI is InChI=1S/C8H11NO/c10-7-2-1-4-8-5-3-6-9-8/h1-3,5-6,9-10H,4,7H2. The Morgan fingerprint density at radius 2 is 2.40 bits per heavy atom. The Morgan fingerprint density at radius 3 is 3.00 bits per heavy atom. The lowest BCUT2D eigenvalue weighted by Crippen LogP contribution is -1.79. The first kappa shape index (κ1) is 7.09. The number of aliphatic hydroxyl groups excluding tert-OH is 1. The maximum Gasteiger partial charge on any atom is 0.0612 e. The quantitative estimate of drug-likeness (QED) is 0.601. The molecule has 54 valence electrons. The van der Waals surface area contributed by atoms with Crippen molar-refractivity contribution in [3.8, 4) is 0 Å². The first-order valence-electron chi connectivity index (χ1n) is 3.31. The summed E-state index contributed by atoms with van der Waals surface area (Å²) < 4.78 is 0. The number of hydrogen-bond donors (Lipinski definition) is 2. The van der Waals surface area contributed by atoms with Crippen LogP contribution < -0.4 is 0 Å². The maximum atomic E-state index is 8.40. The number of nitrogens with one attached hydrogen (secondary N) is 1.